The van der Waals surface area contributed by atoms with Crippen LogP contribution in [0.3, 0.4) is 0 Å². The molecule has 17 heavy (non-hydrogen) atoms. The zero-order valence-electron chi connectivity index (χ0n) is 9.61. The van der Waals surface area contributed by atoms with Gasteiger partial charge in [-0.2, -0.15) is 0 Å². The minimum absolute atomic E-state index is 0.196. The Morgan fingerprint density at radius 1 is 1.59 bits per heavy atom. The molecule has 90 valence electrons. The van der Waals surface area contributed by atoms with E-state index in [2.05, 4.69) is 38.5 Å². The van der Waals surface area contributed by atoms with Gasteiger partial charge in [0.2, 0.25) is 0 Å². The number of aryl methyl sites for hydroxylation is 1. The highest BCUT2D eigenvalue weighted by Gasteiger charge is 2.23. The van der Waals surface area contributed by atoms with Crippen molar-refractivity contribution in [1.82, 2.24) is 9.55 Å². The van der Waals surface area contributed by atoms with E-state index in [0.717, 1.165) is 21.8 Å². The van der Waals surface area contributed by atoms with Gasteiger partial charge in [0, 0.05) is 17.4 Å². The maximum absolute atomic E-state index is 6.17. The molecular weight excluding hydrogens is 298 g/mol. The van der Waals surface area contributed by atoms with Gasteiger partial charge in [0.25, 0.3) is 0 Å². The van der Waals surface area contributed by atoms with Crippen LogP contribution in [0.15, 0.2) is 16.0 Å². The smallest absolute Gasteiger partial charge is 0.195 e. The maximum Gasteiger partial charge on any atom is 0.195 e. The van der Waals surface area contributed by atoms with Gasteiger partial charge in [0.1, 0.15) is 0 Å². The second-order valence-corrected chi connectivity index (χ2v) is 6.86. The summed E-state index contributed by atoms with van der Waals surface area (Å²) in [5, 5.41) is 1.03. The molecule has 0 fully saturated rings. The molecule has 2 aromatic heterocycles. The molecule has 0 spiro atoms. The summed E-state index contributed by atoms with van der Waals surface area (Å²) in [6, 6.07) is 2.41. The van der Waals surface area contributed by atoms with Crippen LogP contribution < -0.4 is 5.73 Å². The van der Waals surface area contributed by atoms with Crippen LogP contribution in [0.4, 0.5) is 0 Å². The van der Waals surface area contributed by atoms with E-state index in [4.69, 9.17) is 5.73 Å². The number of thiazole rings is 1. The minimum Gasteiger partial charge on any atom is -0.324 e. The van der Waals surface area contributed by atoms with Crippen molar-refractivity contribution in [2.24, 2.45) is 5.73 Å². The first-order valence-corrected chi connectivity index (χ1v) is 7.36. The van der Waals surface area contributed by atoms with Crippen molar-refractivity contribution in [2.75, 3.05) is 0 Å². The van der Waals surface area contributed by atoms with Crippen LogP contribution in [0.25, 0.3) is 5.13 Å². The largest absolute Gasteiger partial charge is 0.324 e. The molecule has 2 N–H and O–H groups in total. The average molecular weight is 312 g/mol. The summed E-state index contributed by atoms with van der Waals surface area (Å²) in [6.07, 6.45) is 5.23. The highest BCUT2D eigenvalue weighted by molar-refractivity contribution is 9.11. The van der Waals surface area contributed by atoms with Crippen molar-refractivity contribution in [3.63, 3.8) is 0 Å². The molecule has 2 aromatic rings. The predicted molar refractivity (Wildman–Crippen MR) is 73.7 cm³/mol. The van der Waals surface area contributed by atoms with E-state index in [1.165, 1.54) is 23.4 Å². The van der Waals surface area contributed by atoms with Gasteiger partial charge < -0.3 is 5.73 Å². The molecule has 3 rings (SSSR count). The number of nitrogens with zero attached hydrogens (tertiary/aromatic N) is 2. The lowest BCUT2D eigenvalue weighted by Gasteiger charge is -2.20. The Kier molecular flexibility index (Phi) is 2.84. The second-order valence-electron chi connectivity index (χ2n) is 4.47. The molecule has 0 amide bonds. The topological polar surface area (TPSA) is 43.8 Å². The van der Waals surface area contributed by atoms with E-state index in [1.54, 1.807) is 11.3 Å². The van der Waals surface area contributed by atoms with Gasteiger partial charge in [-0.15, -0.1) is 0 Å². The zero-order valence-corrected chi connectivity index (χ0v) is 12.0. The van der Waals surface area contributed by atoms with E-state index in [9.17, 15) is 0 Å². The van der Waals surface area contributed by atoms with E-state index >= 15 is 0 Å². The lowest BCUT2D eigenvalue weighted by molar-refractivity contribution is 0.559. The number of halogens is 1. The highest BCUT2D eigenvalue weighted by Crippen LogP contribution is 2.34. The van der Waals surface area contributed by atoms with Gasteiger partial charge in [0.15, 0.2) is 5.13 Å². The summed E-state index contributed by atoms with van der Waals surface area (Å²) >= 11 is 5.13. The summed E-state index contributed by atoms with van der Waals surface area (Å²) < 4.78 is 3.32. The fraction of sp³-hybridized carbons (Fsp3) is 0.417. The van der Waals surface area contributed by atoms with Crippen LogP contribution in [-0.2, 0) is 6.42 Å². The Hall–Kier alpha value is -0.650. The van der Waals surface area contributed by atoms with Crippen LogP contribution in [-0.4, -0.2) is 9.55 Å². The quantitative estimate of drug-likeness (QED) is 0.877. The molecule has 0 aromatic carbocycles. The summed E-state index contributed by atoms with van der Waals surface area (Å²) in [5.41, 5.74) is 10.1. The Balaban J connectivity index is 2.17. The molecule has 2 heterocycles. The first kappa shape index (κ1) is 11.4. The van der Waals surface area contributed by atoms with Crippen molar-refractivity contribution in [3.8, 4) is 5.13 Å². The molecule has 0 aliphatic heterocycles. The van der Waals surface area contributed by atoms with Crippen molar-refractivity contribution >= 4 is 27.3 Å². The summed E-state index contributed by atoms with van der Waals surface area (Å²) in [7, 11) is 0. The number of hydrogen-bond acceptors (Lipinski definition) is 3. The van der Waals surface area contributed by atoms with Crippen molar-refractivity contribution in [2.45, 2.75) is 32.2 Å². The molecule has 1 aliphatic carbocycles. The number of aromatic nitrogens is 2. The van der Waals surface area contributed by atoms with Gasteiger partial charge in [-0.1, -0.05) is 11.3 Å². The van der Waals surface area contributed by atoms with E-state index in [1.807, 2.05) is 6.20 Å². The summed E-state index contributed by atoms with van der Waals surface area (Å²) in [4.78, 5) is 4.45. The lowest BCUT2D eigenvalue weighted by atomic mass is 9.93. The normalized spacial score (nSPS) is 19.4. The standard InChI is InChI=1S/C12H14BrN3S/c1-7-5-8-9(14)3-2-4-10(8)16(7)12-15-6-11(13)17-12/h5-6,9H,2-4,14H2,1H3. The number of nitrogens with two attached hydrogens (primary N) is 1. The average Bonchev–Trinajstić information content (AvgIpc) is 2.82. The summed E-state index contributed by atoms with van der Waals surface area (Å²) in [6.45, 7) is 2.13. The summed E-state index contributed by atoms with van der Waals surface area (Å²) in [5.74, 6) is 0. The van der Waals surface area contributed by atoms with Crippen LogP contribution >= 0.6 is 27.3 Å². The Morgan fingerprint density at radius 3 is 3.12 bits per heavy atom. The van der Waals surface area contributed by atoms with Gasteiger partial charge in [-0.3, -0.25) is 4.57 Å². The Morgan fingerprint density at radius 2 is 2.41 bits per heavy atom. The monoisotopic (exact) mass is 311 g/mol. The third kappa shape index (κ3) is 1.86. The molecule has 3 nitrogen and oxygen atoms in total. The molecular formula is C12H14BrN3S. The molecule has 0 bridgehead atoms. The van der Waals surface area contributed by atoms with Crippen LogP contribution in [0.1, 0.15) is 35.8 Å². The number of rotatable bonds is 1. The second kappa shape index (κ2) is 4.23. The SMILES string of the molecule is Cc1cc2c(n1-c1ncc(Br)s1)CCCC2N. The van der Waals surface area contributed by atoms with Gasteiger partial charge in [-0.25, -0.2) is 4.98 Å². The van der Waals surface area contributed by atoms with Gasteiger partial charge in [0.05, 0.1) is 9.98 Å². The first-order chi connectivity index (χ1) is 8.16. The molecule has 1 unspecified atom stereocenters. The molecule has 1 atom stereocenters. The lowest BCUT2D eigenvalue weighted by Crippen LogP contribution is -2.17. The molecule has 1 aliphatic rings. The zero-order chi connectivity index (χ0) is 12.0. The molecule has 0 radical (unpaired) electrons. The van der Waals surface area contributed by atoms with E-state index < -0.39 is 0 Å². The van der Waals surface area contributed by atoms with Gasteiger partial charge in [-0.05, 0) is 53.7 Å². The third-order valence-corrected chi connectivity index (χ3v) is 4.77. The third-order valence-electron chi connectivity index (χ3n) is 3.30. The van der Waals surface area contributed by atoms with E-state index in [0.29, 0.717) is 0 Å². The fourth-order valence-corrected chi connectivity index (χ4v) is 3.82. The van der Waals surface area contributed by atoms with E-state index in [-0.39, 0.29) is 6.04 Å². The van der Waals surface area contributed by atoms with Crippen LogP contribution in [0.5, 0.6) is 0 Å². The molecule has 0 saturated carbocycles. The van der Waals surface area contributed by atoms with Crippen LogP contribution in [0.2, 0.25) is 0 Å². The predicted octanol–water partition coefficient (Wildman–Crippen LogP) is 3.34. The fourth-order valence-electron chi connectivity index (χ4n) is 2.55. The van der Waals surface area contributed by atoms with Crippen LogP contribution in [0, 0.1) is 6.92 Å². The first-order valence-electron chi connectivity index (χ1n) is 5.75. The number of hydrogen-bond donors (Lipinski definition) is 1. The van der Waals surface area contributed by atoms with Crippen molar-refractivity contribution < 1.29 is 0 Å². The van der Waals surface area contributed by atoms with Crippen molar-refractivity contribution in [3.05, 3.63) is 33.0 Å². The van der Waals surface area contributed by atoms with Crippen molar-refractivity contribution in [1.29, 1.82) is 0 Å². The maximum atomic E-state index is 6.17. The molecule has 0 saturated heterocycles. The molecule has 5 heteroatoms. The highest BCUT2D eigenvalue weighted by atomic mass is 79.9. The minimum atomic E-state index is 0.196. The number of fused-ring (bicyclic) bond motifs is 1. The Bertz CT molecular complexity index is 558. The Labute approximate surface area is 113 Å². The van der Waals surface area contributed by atoms with Gasteiger partial charge >= 0.3 is 0 Å².